The molecule has 4 aromatic rings. The van der Waals surface area contributed by atoms with Crippen molar-refractivity contribution in [2.75, 3.05) is 11.9 Å². The van der Waals surface area contributed by atoms with E-state index in [4.69, 9.17) is 23.2 Å². The number of halogens is 2. The van der Waals surface area contributed by atoms with Gasteiger partial charge in [-0.25, -0.2) is 0 Å². The van der Waals surface area contributed by atoms with E-state index in [2.05, 4.69) is 27.1 Å². The minimum atomic E-state index is 0.0382. The molecule has 33 heavy (non-hydrogen) atoms. The van der Waals surface area contributed by atoms with Gasteiger partial charge in [0.1, 0.15) is 14.2 Å². The van der Waals surface area contributed by atoms with Crippen molar-refractivity contribution in [1.82, 2.24) is 4.57 Å². The summed E-state index contributed by atoms with van der Waals surface area (Å²) in [6, 6.07) is 13.7. The molecule has 0 unspecified atom stereocenters. The van der Waals surface area contributed by atoms with E-state index in [0.29, 0.717) is 18.1 Å². The summed E-state index contributed by atoms with van der Waals surface area (Å²) in [7, 11) is 2.00. The summed E-state index contributed by atoms with van der Waals surface area (Å²) >= 11 is 17.3. The van der Waals surface area contributed by atoms with Crippen molar-refractivity contribution in [3.8, 4) is 0 Å². The molecule has 168 valence electrons. The van der Waals surface area contributed by atoms with E-state index < -0.39 is 0 Å². The number of nitrogens with zero attached hydrogens (tertiary/aromatic N) is 3. The summed E-state index contributed by atoms with van der Waals surface area (Å²) in [5.74, 6) is 0. The Labute approximate surface area is 213 Å². The Balaban J connectivity index is 1.61. The van der Waals surface area contributed by atoms with E-state index in [1.165, 1.54) is 11.3 Å². The summed E-state index contributed by atoms with van der Waals surface area (Å²) in [5.41, 5.74) is 2.17. The van der Waals surface area contributed by atoms with Crippen LogP contribution in [0, 0.1) is 0 Å². The molecule has 0 fully saturated rings. The van der Waals surface area contributed by atoms with Gasteiger partial charge in [0, 0.05) is 29.1 Å². The smallest absolute Gasteiger partial charge is 0.271 e. The largest absolute Gasteiger partial charge is 0.337 e. The fraction of sp³-hybridized carbons (Fsp3) is 0.167. The van der Waals surface area contributed by atoms with Crippen LogP contribution in [-0.4, -0.2) is 11.6 Å². The number of hydrogen-bond donors (Lipinski definition) is 0. The van der Waals surface area contributed by atoms with E-state index in [-0.39, 0.29) is 5.56 Å². The Morgan fingerprint density at radius 2 is 1.97 bits per heavy atom. The van der Waals surface area contributed by atoms with Crippen molar-refractivity contribution in [3.05, 3.63) is 94.2 Å². The molecule has 0 saturated carbocycles. The van der Waals surface area contributed by atoms with Crippen molar-refractivity contribution >= 4 is 74.4 Å². The molecule has 0 aliphatic carbocycles. The minimum Gasteiger partial charge on any atom is -0.337 e. The average molecular weight is 534 g/mol. The normalized spacial score (nSPS) is 15.4. The lowest BCUT2D eigenvalue weighted by atomic mass is 10.2. The van der Waals surface area contributed by atoms with Crippen LogP contribution in [0.15, 0.2) is 63.7 Å². The maximum absolute atomic E-state index is 13.4. The predicted molar refractivity (Wildman–Crippen MR) is 141 cm³/mol. The maximum Gasteiger partial charge on any atom is 0.271 e. The highest BCUT2D eigenvalue weighted by Gasteiger charge is 2.25. The lowest BCUT2D eigenvalue weighted by molar-refractivity contribution is -0.685. The standard InChI is InChI=1S/C24H20Cl2N3OS3/c1-3-29-21(13-20-28(10-11-31-20)14-15-6-4-5-7-17(15)26)33-22(23(29)30)24-27(2)18-9-8-16(25)12-19(18)32-24/h4-13H,3,14H2,1-2H3/q+1/b24-22+. The van der Waals surface area contributed by atoms with E-state index in [9.17, 15) is 4.79 Å². The van der Waals surface area contributed by atoms with Gasteiger partial charge in [-0.05, 0) is 31.2 Å². The molecule has 1 aliphatic heterocycles. The second-order valence-corrected chi connectivity index (χ2v) is 11.3. The van der Waals surface area contributed by atoms with Gasteiger partial charge in [0.05, 0.1) is 22.2 Å². The van der Waals surface area contributed by atoms with Gasteiger partial charge >= 0.3 is 0 Å². The first-order valence-corrected chi connectivity index (χ1v) is 13.6. The highest BCUT2D eigenvalue weighted by Crippen LogP contribution is 2.46. The van der Waals surface area contributed by atoms with E-state index in [1.54, 1.807) is 23.1 Å². The number of fused-ring (bicyclic) bond motifs is 1. The number of thioether (sulfide) groups is 1. The number of rotatable bonds is 4. The Hall–Kier alpha value is -2.03. The topological polar surface area (TPSA) is 29.1 Å². The van der Waals surface area contributed by atoms with Crippen molar-refractivity contribution in [2.45, 2.75) is 24.9 Å². The summed E-state index contributed by atoms with van der Waals surface area (Å²) in [5, 5.41) is 5.52. The zero-order valence-electron chi connectivity index (χ0n) is 17.9. The van der Waals surface area contributed by atoms with Gasteiger partial charge in [0.2, 0.25) is 0 Å². The molecular formula is C24H20Cl2N3OS3+. The van der Waals surface area contributed by atoms with Gasteiger partial charge in [-0.3, -0.25) is 9.36 Å². The molecule has 0 N–H and O–H groups in total. The van der Waals surface area contributed by atoms with Crippen LogP contribution in [0.5, 0.6) is 0 Å². The number of anilines is 1. The highest BCUT2D eigenvalue weighted by atomic mass is 35.5. The summed E-state index contributed by atoms with van der Waals surface area (Å²) in [4.78, 5) is 16.5. The van der Waals surface area contributed by atoms with Crippen molar-refractivity contribution in [1.29, 1.82) is 0 Å². The number of hydrogen-bond acceptors (Lipinski definition) is 5. The molecular weight excluding hydrogens is 513 g/mol. The third-order valence-electron chi connectivity index (χ3n) is 5.48. The first kappa shape index (κ1) is 22.7. The third kappa shape index (κ3) is 4.29. The quantitative estimate of drug-likeness (QED) is 0.354. The van der Waals surface area contributed by atoms with Gasteiger partial charge in [-0.1, -0.05) is 64.5 Å². The van der Waals surface area contributed by atoms with Gasteiger partial charge in [-0.15, -0.1) is 11.3 Å². The Morgan fingerprint density at radius 3 is 2.76 bits per heavy atom. The van der Waals surface area contributed by atoms with Crippen LogP contribution in [0.25, 0.3) is 11.1 Å². The molecule has 5 rings (SSSR count). The van der Waals surface area contributed by atoms with Crippen LogP contribution in [0.2, 0.25) is 10.0 Å². The summed E-state index contributed by atoms with van der Waals surface area (Å²) in [6.07, 6.45) is 4.16. The van der Waals surface area contributed by atoms with Crippen molar-refractivity contribution in [3.63, 3.8) is 0 Å². The zero-order valence-corrected chi connectivity index (χ0v) is 21.9. The predicted octanol–water partition coefficient (Wildman–Crippen LogP) is 4.77. The SMILES string of the molecule is CCn1c(=O)/c(=C2\Sc3cc(Cl)ccc3N2C)s/c1=C\c1scc[n+]1Cc1ccccc1Cl. The van der Waals surface area contributed by atoms with Gasteiger partial charge in [-0.2, -0.15) is 4.57 Å². The van der Waals surface area contributed by atoms with E-state index in [1.807, 2.05) is 61.0 Å². The molecule has 2 aromatic carbocycles. The van der Waals surface area contributed by atoms with Crippen molar-refractivity contribution in [2.24, 2.45) is 0 Å². The van der Waals surface area contributed by atoms with Crippen LogP contribution < -0.4 is 24.2 Å². The fourth-order valence-corrected chi connectivity index (χ4v) is 7.56. The molecule has 4 nitrogen and oxygen atoms in total. The highest BCUT2D eigenvalue weighted by molar-refractivity contribution is 8.08. The van der Waals surface area contributed by atoms with Crippen LogP contribution >= 0.6 is 57.6 Å². The number of benzene rings is 2. The second-order valence-electron chi connectivity index (χ2n) is 7.50. The summed E-state index contributed by atoms with van der Waals surface area (Å²) in [6.45, 7) is 3.29. The molecule has 3 heterocycles. The van der Waals surface area contributed by atoms with Crippen LogP contribution in [-0.2, 0) is 13.1 Å². The molecule has 1 aliphatic rings. The second kappa shape index (κ2) is 9.31. The minimum absolute atomic E-state index is 0.0382. The van der Waals surface area contributed by atoms with Crippen molar-refractivity contribution < 1.29 is 4.57 Å². The molecule has 0 radical (unpaired) electrons. The summed E-state index contributed by atoms with van der Waals surface area (Å²) < 4.78 is 5.69. The monoisotopic (exact) mass is 532 g/mol. The van der Waals surface area contributed by atoms with Crippen LogP contribution in [0.4, 0.5) is 5.69 Å². The number of aromatic nitrogens is 2. The Bertz CT molecular complexity index is 1540. The molecule has 0 amide bonds. The third-order valence-corrected chi connectivity index (χ3v) is 9.40. The molecule has 0 spiro atoms. The zero-order chi connectivity index (χ0) is 23.1. The van der Waals surface area contributed by atoms with Crippen LogP contribution in [0.3, 0.4) is 0 Å². The first-order chi connectivity index (χ1) is 16.0. The molecule has 0 atom stereocenters. The van der Waals surface area contributed by atoms with Gasteiger partial charge < -0.3 is 4.90 Å². The Morgan fingerprint density at radius 1 is 1.15 bits per heavy atom. The molecule has 9 heteroatoms. The molecule has 0 bridgehead atoms. The van der Waals surface area contributed by atoms with Gasteiger partial charge in [0.25, 0.3) is 10.6 Å². The number of thiazole rings is 2. The fourth-order valence-electron chi connectivity index (χ4n) is 3.77. The van der Waals surface area contributed by atoms with E-state index >= 15 is 0 Å². The van der Waals surface area contributed by atoms with E-state index in [0.717, 1.165) is 40.4 Å². The van der Waals surface area contributed by atoms with Crippen LogP contribution in [0.1, 0.15) is 17.5 Å². The Kier molecular flexibility index (Phi) is 6.42. The maximum atomic E-state index is 13.4. The molecule has 2 aromatic heterocycles. The lowest BCUT2D eigenvalue weighted by Crippen LogP contribution is -2.36. The molecule has 0 saturated heterocycles. The first-order valence-electron chi connectivity index (χ1n) is 10.3. The van der Waals surface area contributed by atoms with Gasteiger partial charge in [0.15, 0.2) is 12.7 Å². The average Bonchev–Trinajstić information content (AvgIpc) is 3.46. The lowest BCUT2D eigenvalue weighted by Gasteiger charge is -2.12.